The maximum atomic E-state index is 13.7. The Bertz CT molecular complexity index is 861. The number of likely N-dealkylation sites (N-methyl/N-ethyl adjacent to an activating group) is 1. The summed E-state index contributed by atoms with van der Waals surface area (Å²) < 4.78 is 41.2. The minimum atomic E-state index is -4.56. The summed E-state index contributed by atoms with van der Waals surface area (Å²) in [5, 5.41) is 2.21. The zero-order valence-electron chi connectivity index (χ0n) is 16.3. The minimum absolute atomic E-state index is 0.0171. The number of amides is 2. The van der Waals surface area contributed by atoms with Gasteiger partial charge < -0.3 is 20.9 Å². The van der Waals surface area contributed by atoms with E-state index in [1.807, 2.05) is 12.1 Å². The molecule has 0 radical (unpaired) electrons. The van der Waals surface area contributed by atoms with Gasteiger partial charge in [0.25, 0.3) is 0 Å². The van der Waals surface area contributed by atoms with E-state index in [0.29, 0.717) is 12.0 Å². The first-order chi connectivity index (χ1) is 13.7. The second-order valence-corrected chi connectivity index (χ2v) is 7.30. The number of benzene rings is 2. The summed E-state index contributed by atoms with van der Waals surface area (Å²) >= 11 is 0. The van der Waals surface area contributed by atoms with Gasteiger partial charge in [-0.1, -0.05) is 30.3 Å². The number of carbonyl (C=O) groups is 1. The summed E-state index contributed by atoms with van der Waals surface area (Å²) in [4.78, 5) is 15.6. The molecule has 1 aliphatic rings. The number of halogens is 3. The second kappa shape index (κ2) is 8.84. The summed E-state index contributed by atoms with van der Waals surface area (Å²) in [7, 11) is 2.09. The van der Waals surface area contributed by atoms with Crippen LogP contribution in [0.25, 0.3) is 11.1 Å². The molecule has 1 aliphatic heterocycles. The van der Waals surface area contributed by atoms with Crippen molar-refractivity contribution in [1.29, 1.82) is 0 Å². The number of piperazine rings is 1. The summed E-state index contributed by atoms with van der Waals surface area (Å²) in [6.07, 6.45) is -3.90. The highest BCUT2D eigenvalue weighted by atomic mass is 19.4. The Hall–Kier alpha value is -2.58. The first-order valence-electron chi connectivity index (χ1n) is 9.51. The normalized spacial score (nSPS) is 16.0. The average molecular weight is 406 g/mol. The Kier molecular flexibility index (Phi) is 6.44. The number of carbonyl (C=O) groups excluding carboxylic acids is 1. The number of hydrogen-bond donors (Lipinski definition) is 2. The molecule has 0 unspecified atom stereocenters. The molecule has 0 aromatic heterocycles. The predicted octanol–water partition coefficient (Wildman–Crippen LogP) is 3.65. The Balaban J connectivity index is 1.89. The zero-order chi connectivity index (χ0) is 21.0. The molecule has 0 bridgehead atoms. The van der Waals surface area contributed by atoms with Crippen LogP contribution in [0.2, 0.25) is 0 Å². The number of urea groups is 1. The third kappa shape index (κ3) is 5.48. The largest absolute Gasteiger partial charge is 0.417 e. The van der Waals surface area contributed by atoms with E-state index >= 15 is 0 Å². The van der Waals surface area contributed by atoms with Gasteiger partial charge in [0.05, 0.1) is 5.56 Å². The smallest absolute Gasteiger partial charge is 0.351 e. The molecule has 0 atom stereocenters. The van der Waals surface area contributed by atoms with Gasteiger partial charge in [0, 0.05) is 38.4 Å². The molecule has 2 aromatic rings. The number of nitrogens with two attached hydrogens (primary N) is 1. The van der Waals surface area contributed by atoms with E-state index in [4.69, 9.17) is 5.73 Å². The molecule has 3 N–H and O–H groups in total. The van der Waals surface area contributed by atoms with E-state index in [0.717, 1.165) is 44.4 Å². The van der Waals surface area contributed by atoms with Crippen molar-refractivity contribution in [2.45, 2.75) is 12.6 Å². The van der Waals surface area contributed by atoms with Crippen LogP contribution >= 0.6 is 0 Å². The average Bonchev–Trinajstić information content (AvgIpc) is 2.67. The lowest BCUT2D eigenvalue weighted by Gasteiger charge is -2.32. The van der Waals surface area contributed by atoms with Crippen molar-refractivity contribution < 1.29 is 18.0 Å². The summed E-state index contributed by atoms with van der Waals surface area (Å²) in [6.45, 7) is 4.70. The van der Waals surface area contributed by atoms with Crippen LogP contribution in [0.3, 0.4) is 0 Å². The molecule has 2 amide bonds. The highest BCUT2D eigenvalue weighted by Crippen LogP contribution is 2.39. The molecule has 3 rings (SSSR count). The van der Waals surface area contributed by atoms with Crippen LogP contribution in [0.5, 0.6) is 0 Å². The van der Waals surface area contributed by atoms with Crippen molar-refractivity contribution in [3.05, 3.63) is 53.6 Å². The summed E-state index contributed by atoms with van der Waals surface area (Å²) in [6, 6.07) is 10.0. The molecule has 29 heavy (non-hydrogen) atoms. The van der Waals surface area contributed by atoms with E-state index < -0.39 is 17.8 Å². The van der Waals surface area contributed by atoms with Crippen LogP contribution in [0.4, 0.5) is 23.7 Å². The maximum Gasteiger partial charge on any atom is 0.417 e. The van der Waals surface area contributed by atoms with Crippen LogP contribution in [0.15, 0.2) is 42.5 Å². The predicted molar refractivity (Wildman–Crippen MR) is 108 cm³/mol. The molecule has 2 aromatic carbocycles. The molecule has 0 spiro atoms. The van der Waals surface area contributed by atoms with Gasteiger partial charge in [-0.25, -0.2) is 4.79 Å². The zero-order valence-corrected chi connectivity index (χ0v) is 16.3. The number of alkyl halides is 3. The summed E-state index contributed by atoms with van der Waals surface area (Å²) in [5.41, 5.74) is 5.78. The van der Waals surface area contributed by atoms with Crippen molar-refractivity contribution in [2.24, 2.45) is 5.73 Å². The molecule has 8 heteroatoms. The Morgan fingerprint density at radius 2 is 1.76 bits per heavy atom. The third-order valence-corrected chi connectivity index (χ3v) is 5.19. The van der Waals surface area contributed by atoms with Crippen molar-refractivity contribution >= 4 is 11.7 Å². The van der Waals surface area contributed by atoms with Crippen molar-refractivity contribution in [3.63, 3.8) is 0 Å². The minimum Gasteiger partial charge on any atom is -0.351 e. The SMILES string of the molecule is CN1CCN(CCc2ccccc2-c2ccc(NC(N)=O)cc2C(F)(F)F)CC1. The molecule has 1 saturated heterocycles. The first kappa shape index (κ1) is 21.1. The fraction of sp³-hybridized carbons (Fsp3) is 0.381. The van der Waals surface area contributed by atoms with Crippen LogP contribution in [0.1, 0.15) is 11.1 Å². The van der Waals surface area contributed by atoms with Gasteiger partial charge in [-0.15, -0.1) is 0 Å². The first-order valence-corrected chi connectivity index (χ1v) is 9.51. The number of rotatable bonds is 5. The molecule has 0 saturated carbocycles. The lowest BCUT2D eigenvalue weighted by Crippen LogP contribution is -2.45. The lowest BCUT2D eigenvalue weighted by molar-refractivity contribution is -0.137. The van der Waals surface area contributed by atoms with E-state index in [2.05, 4.69) is 22.2 Å². The number of nitrogens with one attached hydrogen (secondary N) is 1. The van der Waals surface area contributed by atoms with Crippen molar-refractivity contribution in [3.8, 4) is 11.1 Å². The second-order valence-electron chi connectivity index (χ2n) is 7.30. The maximum absolute atomic E-state index is 13.7. The lowest BCUT2D eigenvalue weighted by atomic mass is 9.93. The third-order valence-electron chi connectivity index (χ3n) is 5.19. The monoisotopic (exact) mass is 406 g/mol. The van der Waals surface area contributed by atoms with E-state index in [1.54, 1.807) is 12.1 Å². The van der Waals surface area contributed by atoms with Crippen molar-refractivity contribution in [1.82, 2.24) is 9.80 Å². The number of primary amides is 1. The Morgan fingerprint density at radius 1 is 1.07 bits per heavy atom. The van der Waals surface area contributed by atoms with Gasteiger partial charge >= 0.3 is 12.2 Å². The van der Waals surface area contributed by atoms with Crippen LogP contribution in [-0.4, -0.2) is 55.6 Å². The number of nitrogens with zero attached hydrogens (tertiary/aromatic N) is 2. The highest BCUT2D eigenvalue weighted by molar-refractivity contribution is 5.88. The molecule has 5 nitrogen and oxygen atoms in total. The highest BCUT2D eigenvalue weighted by Gasteiger charge is 2.34. The standard InChI is InChI=1S/C21H25F3N4O/c1-27-10-12-28(13-11-27)9-8-15-4-2-3-5-17(15)18-7-6-16(26-20(25)29)14-19(18)21(22,23)24/h2-7,14H,8-13H2,1H3,(H3,25,26,29). The molecular weight excluding hydrogens is 381 g/mol. The van der Waals surface area contributed by atoms with E-state index in [9.17, 15) is 18.0 Å². The topological polar surface area (TPSA) is 61.6 Å². The van der Waals surface area contributed by atoms with Gasteiger partial charge in [-0.2, -0.15) is 13.2 Å². The quantitative estimate of drug-likeness (QED) is 0.797. The van der Waals surface area contributed by atoms with Gasteiger partial charge in [0.2, 0.25) is 0 Å². The fourth-order valence-corrected chi connectivity index (χ4v) is 3.58. The van der Waals surface area contributed by atoms with Crippen LogP contribution in [-0.2, 0) is 12.6 Å². The van der Waals surface area contributed by atoms with E-state index in [1.165, 1.54) is 12.1 Å². The van der Waals surface area contributed by atoms with Crippen molar-refractivity contribution in [2.75, 3.05) is 45.1 Å². The Morgan fingerprint density at radius 3 is 2.41 bits per heavy atom. The van der Waals surface area contributed by atoms with E-state index in [-0.39, 0.29) is 11.3 Å². The molecule has 1 heterocycles. The number of hydrogen-bond acceptors (Lipinski definition) is 3. The Labute approximate surface area is 168 Å². The fourth-order valence-electron chi connectivity index (χ4n) is 3.58. The summed E-state index contributed by atoms with van der Waals surface area (Å²) in [5.74, 6) is 0. The molecule has 1 fully saturated rings. The van der Waals surface area contributed by atoms with Crippen LogP contribution < -0.4 is 11.1 Å². The van der Waals surface area contributed by atoms with Gasteiger partial charge in [0.1, 0.15) is 0 Å². The van der Waals surface area contributed by atoms with Gasteiger partial charge in [-0.3, -0.25) is 0 Å². The van der Waals surface area contributed by atoms with Gasteiger partial charge in [-0.05, 0) is 42.3 Å². The number of anilines is 1. The molecular formula is C21H25F3N4O. The van der Waals surface area contributed by atoms with Crippen LogP contribution in [0, 0.1) is 0 Å². The molecule has 0 aliphatic carbocycles. The molecule has 156 valence electrons. The van der Waals surface area contributed by atoms with Gasteiger partial charge in [0.15, 0.2) is 0 Å².